The van der Waals surface area contributed by atoms with Crippen molar-refractivity contribution < 1.29 is 14.0 Å². The van der Waals surface area contributed by atoms with Crippen LogP contribution in [0, 0.1) is 12.7 Å². The predicted molar refractivity (Wildman–Crippen MR) is 104 cm³/mol. The monoisotopic (exact) mass is 369 g/mol. The van der Waals surface area contributed by atoms with Gasteiger partial charge in [0.05, 0.1) is 0 Å². The standard InChI is InChI=1S/C21H24FN3O2/c1-16-3-7-20(8-4-16)25(17(2)26)15-21(27)24-13-11-23(12-14-24)19-9-5-18(22)6-10-19/h3-10H,11-15H2,1-2H3. The number of amides is 2. The molecule has 0 bridgehead atoms. The third-order valence-corrected chi connectivity index (χ3v) is 4.84. The highest BCUT2D eigenvalue weighted by Gasteiger charge is 2.24. The summed E-state index contributed by atoms with van der Waals surface area (Å²) in [7, 11) is 0. The molecule has 6 heteroatoms. The predicted octanol–water partition coefficient (Wildman–Crippen LogP) is 2.84. The second kappa shape index (κ2) is 8.20. The molecule has 5 nitrogen and oxygen atoms in total. The van der Waals surface area contributed by atoms with Crippen molar-refractivity contribution in [2.75, 3.05) is 42.5 Å². The van der Waals surface area contributed by atoms with Crippen LogP contribution in [0.15, 0.2) is 48.5 Å². The van der Waals surface area contributed by atoms with E-state index in [-0.39, 0.29) is 24.2 Å². The van der Waals surface area contributed by atoms with Crippen molar-refractivity contribution in [2.45, 2.75) is 13.8 Å². The first-order chi connectivity index (χ1) is 12.9. The van der Waals surface area contributed by atoms with Gasteiger partial charge in [-0.3, -0.25) is 9.59 Å². The largest absolute Gasteiger partial charge is 0.368 e. The lowest BCUT2D eigenvalue weighted by Crippen LogP contribution is -2.51. The van der Waals surface area contributed by atoms with E-state index in [9.17, 15) is 14.0 Å². The van der Waals surface area contributed by atoms with E-state index in [0.717, 1.165) is 16.9 Å². The van der Waals surface area contributed by atoms with Gasteiger partial charge in [-0.2, -0.15) is 0 Å². The first-order valence-corrected chi connectivity index (χ1v) is 9.07. The highest BCUT2D eigenvalue weighted by atomic mass is 19.1. The molecule has 2 aromatic rings. The molecule has 1 fully saturated rings. The number of piperazine rings is 1. The Morgan fingerprint density at radius 3 is 2.11 bits per heavy atom. The summed E-state index contributed by atoms with van der Waals surface area (Å²) in [6, 6.07) is 14.0. The SMILES string of the molecule is CC(=O)N(CC(=O)N1CCN(c2ccc(F)cc2)CC1)c1ccc(C)cc1. The van der Waals surface area contributed by atoms with Crippen LogP contribution in [0.5, 0.6) is 0 Å². The molecule has 1 heterocycles. The van der Waals surface area contributed by atoms with Crippen molar-refractivity contribution in [3.63, 3.8) is 0 Å². The fraction of sp³-hybridized carbons (Fsp3) is 0.333. The van der Waals surface area contributed by atoms with Crippen molar-refractivity contribution >= 4 is 23.2 Å². The number of hydrogen-bond donors (Lipinski definition) is 0. The van der Waals surface area contributed by atoms with Crippen molar-refractivity contribution in [2.24, 2.45) is 0 Å². The second-order valence-corrected chi connectivity index (χ2v) is 6.78. The van der Waals surface area contributed by atoms with Crippen LogP contribution in [-0.2, 0) is 9.59 Å². The molecule has 0 saturated carbocycles. The number of rotatable bonds is 4. The molecule has 1 aliphatic rings. The van der Waals surface area contributed by atoms with Crippen molar-refractivity contribution in [3.05, 3.63) is 59.9 Å². The van der Waals surface area contributed by atoms with Gasteiger partial charge in [-0.25, -0.2) is 4.39 Å². The summed E-state index contributed by atoms with van der Waals surface area (Å²) in [5, 5.41) is 0. The Morgan fingerprint density at radius 1 is 0.963 bits per heavy atom. The molecule has 0 aromatic heterocycles. The molecule has 27 heavy (non-hydrogen) atoms. The van der Waals surface area contributed by atoms with E-state index in [1.165, 1.54) is 24.0 Å². The molecule has 0 N–H and O–H groups in total. The number of halogens is 1. The van der Waals surface area contributed by atoms with Crippen molar-refractivity contribution in [3.8, 4) is 0 Å². The van der Waals surface area contributed by atoms with Gasteiger partial charge in [0.1, 0.15) is 12.4 Å². The fourth-order valence-corrected chi connectivity index (χ4v) is 3.21. The van der Waals surface area contributed by atoms with Gasteiger partial charge < -0.3 is 14.7 Å². The molecule has 0 unspecified atom stereocenters. The Balaban J connectivity index is 1.60. The van der Waals surface area contributed by atoms with Gasteiger partial charge in [0, 0.05) is 44.5 Å². The minimum absolute atomic E-state index is 0.0366. The number of benzene rings is 2. The molecule has 0 radical (unpaired) electrons. The van der Waals surface area contributed by atoms with Crippen molar-refractivity contribution in [1.29, 1.82) is 0 Å². The van der Waals surface area contributed by atoms with Crippen molar-refractivity contribution in [1.82, 2.24) is 4.90 Å². The van der Waals surface area contributed by atoms with Crippen LogP contribution in [0.2, 0.25) is 0 Å². The Hall–Kier alpha value is -2.89. The van der Waals surface area contributed by atoms with E-state index in [0.29, 0.717) is 26.2 Å². The number of nitrogens with zero attached hydrogens (tertiary/aromatic N) is 3. The Labute approximate surface area is 159 Å². The molecule has 0 spiro atoms. The molecule has 1 aliphatic heterocycles. The Bertz CT molecular complexity index is 797. The summed E-state index contributed by atoms with van der Waals surface area (Å²) in [5.41, 5.74) is 2.78. The van der Waals surface area contributed by atoms with Crippen LogP contribution < -0.4 is 9.80 Å². The van der Waals surface area contributed by atoms with E-state index in [1.54, 1.807) is 17.0 Å². The molecule has 2 amide bonds. The Morgan fingerprint density at radius 2 is 1.56 bits per heavy atom. The first-order valence-electron chi connectivity index (χ1n) is 9.07. The highest BCUT2D eigenvalue weighted by Crippen LogP contribution is 2.18. The number of aryl methyl sites for hydroxylation is 1. The molecule has 0 aliphatic carbocycles. The van der Waals surface area contributed by atoms with Gasteiger partial charge in [0.15, 0.2) is 0 Å². The van der Waals surface area contributed by atoms with Gasteiger partial charge in [-0.1, -0.05) is 17.7 Å². The second-order valence-electron chi connectivity index (χ2n) is 6.78. The van der Waals surface area contributed by atoms with E-state index in [2.05, 4.69) is 4.90 Å². The zero-order valence-electron chi connectivity index (χ0n) is 15.7. The van der Waals surface area contributed by atoms with Crippen LogP contribution >= 0.6 is 0 Å². The lowest BCUT2D eigenvalue weighted by atomic mass is 10.2. The molecule has 3 rings (SSSR count). The number of carbonyl (C=O) groups excluding carboxylic acids is 2. The number of carbonyl (C=O) groups is 2. The molecule has 0 atom stereocenters. The van der Waals surface area contributed by atoms with Gasteiger partial charge in [-0.05, 0) is 43.3 Å². The van der Waals surface area contributed by atoms with Crippen LogP contribution in [0.1, 0.15) is 12.5 Å². The maximum Gasteiger partial charge on any atom is 0.242 e. The molecular weight excluding hydrogens is 345 g/mol. The summed E-state index contributed by atoms with van der Waals surface area (Å²) in [5.74, 6) is -0.477. The summed E-state index contributed by atoms with van der Waals surface area (Å²) >= 11 is 0. The number of anilines is 2. The molecular formula is C21H24FN3O2. The third kappa shape index (κ3) is 4.64. The minimum atomic E-state index is -0.256. The lowest BCUT2D eigenvalue weighted by Gasteiger charge is -2.37. The molecule has 2 aromatic carbocycles. The summed E-state index contributed by atoms with van der Waals surface area (Å²) in [6.45, 7) is 6.01. The summed E-state index contributed by atoms with van der Waals surface area (Å²) in [6.07, 6.45) is 0. The quantitative estimate of drug-likeness (QED) is 0.832. The maximum atomic E-state index is 13.1. The zero-order chi connectivity index (χ0) is 19.4. The zero-order valence-corrected chi connectivity index (χ0v) is 15.7. The topological polar surface area (TPSA) is 43.9 Å². The first kappa shape index (κ1) is 18.9. The smallest absolute Gasteiger partial charge is 0.242 e. The van der Waals surface area contributed by atoms with Gasteiger partial charge in [0.2, 0.25) is 11.8 Å². The molecule has 1 saturated heterocycles. The van der Waals surface area contributed by atoms with Gasteiger partial charge >= 0.3 is 0 Å². The normalized spacial score (nSPS) is 14.2. The summed E-state index contributed by atoms with van der Waals surface area (Å²) < 4.78 is 13.1. The third-order valence-electron chi connectivity index (χ3n) is 4.84. The average Bonchev–Trinajstić information content (AvgIpc) is 2.67. The minimum Gasteiger partial charge on any atom is -0.368 e. The lowest BCUT2D eigenvalue weighted by molar-refractivity contribution is -0.131. The van der Waals surface area contributed by atoms with Gasteiger partial charge in [-0.15, -0.1) is 0 Å². The van der Waals surface area contributed by atoms with Gasteiger partial charge in [0.25, 0.3) is 0 Å². The number of hydrogen-bond acceptors (Lipinski definition) is 3. The Kier molecular flexibility index (Phi) is 5.74. The van der Waals surface area contributed by atoms with Crippen LogP contribution in [0.3, 0.4) is 0 Å². The summed E-state index contributed by atoms with van der Waals surface area (Å²) in [4.78, 5) is 30.2. The van der Waals surface area contributed by atoms with Crippen LogP contribution in [-0.4, -0.2) is 49.4 Å². The maximum absolute atomic E-state index is 13.1. The molecule has 142 valence electrons. The van der Waals surface area contributed by atoms with E-state index < -0.39 is 0 Å². The average molecular weight is 369 g/mol. The van der Waals surface area contributed by atoms with Crippen LogP contribution in [0.25, 0.3) is 0 Å². The fourth-order valence-electron chi connectivity index (χ4n) is 3.21. The highest BCUT2D eigenvalue weighted by molar-refractivity contribution is 5.97. The van der Waals surface area contributed by atoms with E-state index in [4.69, 9.17) is 0 Å². The van der Waals surface area contributed by atoms with E-state index >= 15 is 0 Å². The van der Waals surface area contributed by atoms with Crippen LogP contribution in [0.4, 0.5) is 15.8 Å². The van der Waals surface area contributed by atoms with E-state index in [1.807, 2.05) is 31.2 Å².